The second kappa shape index (κ2) is 37.8. The predicted octanol–water partition coefficient (Wildman–Crippen LogP) is 12.9. The quantitative estimate of drug-likeness (QED) is 0.0267. The standard InChI is InChI=1S/C47H87NO6/c1-7-10-13-15-17-25-31-38-52-44(49)35-29-23-19-21-27-33-43(41-54-46(51)40-47(4,37-12-9-3)42-48(5)6)34-28-22-20-24-30-36-45(50)53-39-32-26-18-16-14-11-8-2/h25-26,31-32,43H,7-24,27-30,33-42H2,1-6H3/b31-25-,32-26-. The van der Waals surface area contributed by atoms with Gasteiger partial charge in [0.2, 0.25) is 0 Å². The highest BCUT2D eigenvalue weighted by Gasteiger charge is 2.29. The number of carbonyl (C=O) groups is 3. The minimum absolute atomic E-state index is 0.0656. The molecule has 0 heterocycles. The van der Waals surface area contributed by atoms with Gasteiger partial charge in [-0.3, -0.25) is 14.4 Å². The highest BCUT2D eigenvalue weighted by molar-refractivity contribution is 5.70. The largest absolute Gasteiger partial charge is 0.465 e. The van der Waals surface area contributed by atoms with Gasteiger partial charge in [0.15, 0.2) is 0 Å². The van der Waals surface area contributed by atoms with E-state index in [4.69, 9.17) is 14.2 Å². The summed E-state index contributed by atoms with van der Waals surface area (Å²) in [5.41, 5.74) is -0.0693. The molecule has 0 aromatic heterocycles. The van der Waals surface area contributed by atoms with E-state index in [9.17, 15) is 14.4 Å². The van der Waals surface area contributed by atoms with Crippen LogP contribution in [0.5, 0.6) is 0 Å². The zero-order chi connectivity index (χ0) is 40.0. The number of unbranched alkanes of at least 4 members (excludes halogenated alkanes) is 17. The second-order valence-corrected chi connectivity index (χ2v) is 16.5. The van der Waals surface area contributed by atoms with Gasteiger partial charge in [0, 0.05) is 19.4 Å². The van der Waals surface area contributed by atoms with Gasteiger partial charge >= 0.3 is 17.9 Å². The summed E-state index contributed by atoms with van der Waals surface area (Å²) in [5.74, 6) is 0.110. The maximum absolute atomic E-state index is 13.1. The number of esters is 3. The van der Waals surface area contributed by atoms with E-state index >= 15 is 0 Å². The van der Waals surface area contributed by atoms with Gasteiger partial charge in [-0.15, -0.1) is 0 Å². The third kappa shape index (κ3) is 35.5. The van der Waals surface area contributed by atoms with Crippen LogP contribution in [0.2, 0.25) is 0 Å². The molecule has 1 unspecified atom stereocenters. The van der Waals surface area contributed by atoms with Crippen LogP contribution in [0, 0.1) is 11.3 Å². The first-order chi connectivity index (χ1) is 26.2. The summed E-state index contributed by atoms with van der Waals surface area (Å²) in [5, 5.41) is 0. The topological polar surface area (TPSA) is 82.1 Å². The van der Waals surface area contributed by atoms with Gasteiger partial charge in [-0.1, -0.05) is 155 Å². The fraction of sp³-hybridized carbons (Fsp3) is 0.851. The normalized spacial score (nSPS) is 13.0. The molecule has 0 spiro atoms. The molecule has 0 aromatic carbocycles. The van der Waals surface area contributed by atoms with Crippen molar-refractivity contribution in [3.63, 3.8) is 0 Å². The number of allylic oxidation sites excluding steroid dienone is 2. The van der Waals surface area contributed by atoms with Gasteiger partial charge < -0.3 is 19.1 Å². The number of carbonyl (C=O) groups excluding carboxylic acids is 3. The molecule has 0 aliphatic heterocycles. The highest BCUT2D eigenvalue weighted by atomic mass is 16.5. The molecular formula is C47H87NO6. The van der Waals surface area contributed by atoms with Crippen LogP contribution in [0.3, 0.4) is 0 Å². The minimum atomic E-state index is -0.0972. The first-order valence-corrected chi connectivity index (χ1v) is 22.6. The van der Waals surface area contributed by atoms with Crippen molar-refractivity contribution in [1.29, 1.82) is 0 Å². The number of rotatable bonds is 39. The van der Waals surface area contributed by atoms with Crippen LogP contribution in [-0.4, -0.2) is 63.3 Å². The van der Waals surface area contributed by atoms with E-state index in [0.29, 0.717) is 45.0 Å². The van der Waals surface area contributed by atoms with Crippen molar-refractivity contribution in [3.05, 3.63) is 24.3 Å². The van der Waals surface area contributed by atoms with E-state index in [1.54, 1.807) is 0 Å². The molecule has 0 amide bonds. The SMILES string of the molecule is CCCCCC/C=C\COC(=O)CCCCCCCC(CCCCCCCC(=O)OC/C=C\CCCCCC)COC(=O)CC(C)(CCCC)CN(C)C. The summed E-state index contributed by atoms with van der Waals surface area (Å²) in [6.07, 6.45) is 37.7. The third-order valence-electron chi connectivity index (χ3n) is 10.3. The Hall–Kier alpha value is -2.15. The number of nitrogens with zero attached hydrogens (tertiary/aromatic N) is 1. The van der Waals surface area contributed by atoms with E-state index in [1.807, 2.05) is 12.2 Å². The second-order valence-electron chi connectivity index (χ2n) is 16.5. The number of hydrogen-bond acceptors (Lipinski definition) is 7. The van der Waals surface area contributed by atoms with Crippen LogP contribution in [0.4, 0.5) is 0 Å². The van der Waals surface area contributed by atoms with Crippen molar-refractivity contribution in [2.75, 3.05) is 40.5 Å². The maximum atomic E-state index is 13.1. The monoisotopic (exact) mass is 762 g/mol. The van der Waals surface area contributed by atoms with Crippen LogP contribution in [0.25, 0.3) is 0 Å². The molecule has 0 aliphatic carbocycles. The summed E-state index contributed by atoms with van der Waals surface area (Å²) in [6, 6.07) is 0. The molecule has 316 valence electrons. The zero-order valence-corrected chi connectivity index (χ0v) is 36.4. The average Bonchev–Trinajstić information content (AvgIpc) is 3.13. The van der Waals surface area contributed by atoms with Crippen molar-refractivity contribution < 1.29 is 28.6 Å². The van der Waals surface area contributed by atoms with Crippen molar-refractivity contribution in [2.45, 2.75) is 207 Å². The first-order valence-electron chi connectivity index (χ1n) is 22.6. The lowest BCUT2D eigenvalue weighted by Crippen LogP contribution is -2.34. The van der Waals surface area contributed by atoms with Gasteiger partial charge in [0.05, 0.1) is 13.0 Å². The predicted molar refractivity (Wildman–Crippen MR) is 228 cm³/mol. The Morgan fingerprint density at radius 2 is 0.981 bits per heavy atom. The summed E-state index contributed by atoms with van der Waals surface area (Å²) in [4.78, 5) is 39.5. The van der Waals surface area contributed by atoms with Gasteiger partial charge in [-0.2, -0.15) is 0 Å². The Balaban J connectivity index is 4.53. The fourth-order valence-corrected chi connectivity index (χ4v) is 7.15. The molecule has 0 saturated carbocycles. The Bertz CT molecular complexity index is 895. The molecule has 7 heteroatoms. The van der Waals surface area contributed by atoms with Gasteiger partial charge in [0.1, 0.15) is 13.2 Å². The summed E-state index contributed by atoms with van der Waals surface area (Å²) in [6.45, 7) is 11.0. The van der Waals surface area contributed by atoms with E-state index in [1.165, 1.54) is 51.4 Å². The van der Waals surface area contributed by atoms with E-state index in [-0.39, 0.29) is 23.3 Å². The fourth-order valence-electron chi connectivity index (χ4n) is 7.15. The molecule has 0 rings (SSSR count). The Labute approximate surface area is 334 Å². The summed E-state index contributed by atoms with van der Waals surface area (Å²) < 4.78 is 16.7. The molecular weight excluding hydrogens is 675 g/mol. The lowest BCUT2D eigenvalue weighted by Gasteiger charge is -2.32. The lowest BCUT2D eigenvalue weighted by molar-refractivity contribution is -0.148. The highest BCUT2D eigenvalue weighted by Crippen LogP contribution is 2.30. The van der Waals surface area contributed by atoms with Gasteiger partial charge in [-0.25, -0.2) is 0 Å². The first kappa shape index (κ1) is 51.9. The summed E-state index contributed by atoms with van der Waals surface area (Å²) >= 11 is 0. The molecule has 1 atom stereocenters. The Morgan fingerprint density at radius 3 is 1.44 bits per heavy atom. The van der Waals surface area contributed by atoms with Crippen molar-refractivity contribution in [1.82, 2.24) is 4.90 Å². The van der Waals surface area contributed by atoms with Crippen LogP contribution in [-0.2, 0) is 28.6 Å². The minimum Gasteiger partial charge on any atom is -0.465 e. The molecule has 0 saturated heterocycles. The van der Waals surface area contributed by atoms with Gasteiger partial charge in [-0.05, 0) is 83.2 Å². The molecule has 54 heavy (non-hydrogen) atoms. The van der Waals surface area contributed by atoms with Crippen LogP contribution >= 0.6 is 0 Å². The Morgan fingerprint density at radius 1 is 0.537 bits per heavy atom. The molecule has 0 aromatic rings. The van der Waals surface area contributed by atoms with Crippen LogP contribution in [0.15, 0.2) is 24.3 Å². The van der Waals surface area contributed by atoms with E-state index in [2.05, 4.69) is 58.8 Å². The Kier molecular flexibility index (Phi) is 36.3. The number of hydrogen-bond donors (Lipinski definition) is 0. The van der Waals surface area contributed by atoms with Crippen molar-refractivity contribution in [3.8, 4) is 0 Å². The third-order valence-corrected chi connectivity index (χ3v) is 10.3. The molecule has 0 bridgehead atoms. The average molecular weight is 762 g/mol. The van der Waals surface area contributed by atoms with Crippen molar-refractivity contribution in [2.24, 2.45) is 11.3 Å². The lowest BCUT2D eigenvalue weighted by atomic mass is 9.81. The molecule has 7 nitrogen and oxygen atoms in total. The maximum Gasteiger partial charge on any atom is 0.306 e. The summed E-state index contributed by atoms with van der Waals surface area (Å²) in [7, 11) is 4.15. The molecule has 0 fully saturated rings. The van der Waals surface area contributed by atoms with Gasteiger partial charge in [0.25, 0.3) is 0 Å². The zero-order valence-electron chi connectivity index (χ0n) is 36.4. The molecule has 0 aliphatic rings. The van der Waals surface area contributed by atoms with Crippen LogP contribution < -0.4 is 0 Å². The van der Waals surface area contributed by atoms with Crippen molar-refractivity contribution >= 4 is 17.9 Å². The molecule has 0 radical (unpaired) electrons. The van der Waals surface area contributed by atoms with Crippen LogP contribution in [0.1, 0.15) is 207 Å². The smallest absolute Gasteiger partial charge is 0.306 e. The van der Waals surface area contributed by atoms with E-state index < -0.39 is 0 Å². The van der Waals surface area contributed by atoms with E-state index in [0.717, 1.165) is 116 Å². The molecule has 0 N–H and O–H groups in total. The number of ether oxygens (including phenoxy) is 3.